The molecule has 0 aliphatic rings. The van der Waals surface area contributed by atoms with Crippen molar-refractivity contribution in [3.63, 3.8) is 0 Å². The zero-order chi connectivity index (χ0) is 15.2. The molecule has 0 heterocycles. The highest BCUT2D eigenvalue weighted by Gasteiger charge is 2.12. The molecule has 2 N–H and O–H groups in total. The SMILES string of the molecule is CC(C)c1ccc(CC(=O)CC(N)c2ccccc2)cc1. The molecule has 0 amide bonds. The average molecular weight is 281 g/mol. The Labute approximate surface area is 127 Å². The number of benzene rings is 2. The second-order valence-electron chi connectivity index (χ2n) is 5.83. The molecule has 0 radical (unpaired) electrons. The van der Waals surface area contributed by atoms with Crippen molar-refractivity contribution >= 4 is 5.78 Å². The highest BCUT2D eigenvalue weighted by Crippen LogP contribution is 2.17. The van der Waals surface area contributed by atoms with Crippen LogP contribution in [0.2, 0.25) is 0 Å². The Morgan fingerprint density at radius 1 is 0.952 bits per heavy atom. The van der Waals surface area contributed by atoms with Gasteiger partial charge in [-0.3, -0.25) is 4.79 Å². The molecule has 0 fully saturated rings. The van der Waals surface area contributed by atoms with Gasteiger partial charge >= 0.3 is 0 Å². The van der Waals surface area contributed by atoms with Crippen LogP contribution < -0.4 is 5.73 Å². The Balaban J connectivity index is 1.92. The molecular formula is C19H23NO. The fourth-order valence-electron chi connectivity index (χ4n) is 2.38. The minimum atomic E-state index is -0.214. The molecule has 2 aromatic carbocycles. The normalized spacial score (nSPS) is 12.4. The summed E-state index contributed by atoms with van der Waals surface area (Å²) in [4.78, 5) is 12.1. The van der Waals surface area contributed by atoms with E-state index in [1.54, 1.807) is 0 Å². The molecule has 2 aromatic rings. The summed E-state index contributed by atoms with van der Waals surface area (Å²) in [5.74, 6) is 0.699. The van der Waals surface area contributed by atoms with E-state index in [-0.39, 0.29) is 11.8 Å². The summed E-state index contributed by atoms with van der Waals surface area (Å²) < 4.78 is 0. The van der Waals surface area contributed by atoms with Crippen molar-refractivity contribution in [2.75, 3.05) is 0 Å². The van der Waals surface area contributed by atoms with Gasteiger partial charge in [-0.1, -0.05) is 68.4 Å². The van der Waals surface area contributed by atoms with Crippen molar-refractivity contribution in [3.8, 4) is 0 Å². The third kappa shape index (κ3) is 4.54. The van der Waals surface area contributed by atoms with Crippen molar-refractivity contribution in [1.29, 1.82) is 0 Å². The molecule has 0 saturated carbocycles. The molecule has 21 heavy (non-hydrogen) atoms. The summed E-state index contributed by atoms with van der Waals surface area (Å²) in [6.07, 6.45) is 0.842. The fourth-order valence-corrected chi connectivity index (χ4v) is 2.38. The van der Waals surface area contributed by atoms with Crippen LogP contribution in [0.4, 0.5) is 0 Å². The number of ketones is 1. The van der Waals surface area contributed by atoms with Crippen molar-refractivity contribution in [3.05, 3.63) is 71.3 Å². The molecule has 0 aromatic heterocycles. The molecule has 0 aliphatic carbocycles. The Hall–Kier alpha value is -1.93. The first-order valence-corrected chi connectivity index (χ1v) is 7.47. The number of hydrogen-bond donors (Lipinski definition) is 1. The Kier molecular flexibility index (Phi) is 5.29. The van der Waals surface area contributed by atoms with E-state index >= 15 is 0 Å². The van der Waals surface area contributed by atoms with E-state index in [4.69, 9.17) is 5.73 Å². The highest BCUT2D eigenvalue weighted by molar-refractivity contribution is 5.81. The zero-order valence-corrected chi connectivity index (χ0v) is 12.8. The predicted molar refractivity (Wildman–Crippen MR) is 87.2 cm³/mol. The third-order valence-electron chi connectivity index (χ3n) is 3.72. The smallest absolute Gasteiger partial charge is 0.139 e. The summed E-state index contributed by atoms with van der Waals surface area (Å²) in [6, 6.07) is 17.9. The number of carbonyl (C=O) groups excluding carboxylic acids is 1. The molecule has 110 valence electrons. The van der Waals surface area contributed by atoms with E-state index in [2.05, 4.69) is 26.0 Å². The van der Waals surface area contributed by atoms with E-state index in [9.17, 15) is 4.79 Å². The molecule has 1 atom stereocenters. The predicted octanol–water partition coefficient (Wildman–Crippen LogP) is 4.01. The molecule has 2 nitrogen and oxygen atoms in total. The standard InChI is InChI=1S/C19H23NO/c1-14(2)16-10-8-15(9-11-16)12-18(21)13-19(20)17-6-4-3-5-7-17/h3-11,14,19H,12-13,20H2,1-2H3. The van der Waals surface area contributed by atoms with Crippen LogP contribution in [0.15, 0.2) is 54.6 Å². The van der Waals surface area contributed by atoms with E-state index in [0.29, 0.717) is 18.8 Å². The van der Waals surface area contributed by atoms with Gasteiger partial charge in [-0.15, -0.1) is 0 Å². The molecule has 1 unspecified atom stereocenters. The summed E-state index contributed by atoms with van der Waals surface area (Å²) in [5.41, 5.74) is 9.47. The van der Waals surface area contributed by atoms with Crippen molar-refractivity contribution in [2.24, 2.45) is 5.73 Å². The van der Waals surface area contributed by atoms with Crippen LogP contribution in [-0.2, 0) is 11.2 Å². The quantitative estimate of drug-likeness (QED) is 0.869. The Morgan fingerprint density at radius 3 is 2.14 bits per heavy atom. The van der Waals surface area contributed by atoms with Crippen LogP contribution in [0.25, 0.3) is 0 Å². The second-order valence-corrected chi connectivity index (χ2v) is 5.83. The van der Waals surface area contributed by atoms with Crippen molar-refractivity contribution < 1.29 is 4.79 Å². The van der Waals surface area contributed by atoms with E-state index in [1.165, 1.54) is 5.56 Å². The van der Waals surface area contributed by atoms with Gasteiger partial charge in [0.1, 0.15) is 5.78 Å². The van der Waals surface area contributed by atoms with Gasteiger partial charge in [-0.05, 0) is 22.6 Å². The maximum atomic E-state index is 12.1. The van der Waals surface area contributed by atoms with Gasteiger partial charge < -0.3 is 5.73 Å². The van der Waals surface area contributed by atoms with Crippen LogP contribution in [-0.4, -0.2) is 5.78 Å². The lowest BCUT2D eigenvalue weighted by Crippen LogP contribution is -2.16. The lowest BCUT2D eigenvalue weighted by atomic mass is 9.97. The van der Waals surface area contributed by atoms with Crippen LogP contribution in [0, 0.1) is 0 Å². The Morgan fingerprint density at radius 2 is 1.57 bits per heavy atom. The summed E-state index contributed by atoms with van der Waals surface area (Å²) in [5, 5.41) is 0. The van der Waals surface area contributed by atoms with Gasteiger partial charge in [0.15, 0.2) is 0 Å². The zero-order valence-electron chi connectivity index (χ0n) is 12.8. The van der Waals surface area contributed by atoms with E-state index in [0.717, 1.165) is 11.1 Å². The number of nitrogens with two attached hydrogens (primary N) is 1. The van der Waals surface area contributed by atoms with Gasteiger partial charge in [-0.25, -0.2) is 0 Å². The maximum absolute atomic E-state index is 12.1. The van der Waals surface area contributed by atoms with Gasteiger partial charge in [0, 0.05) is 18.9 Å². The fraction of sp³-hybridized carbons (Fsp3) is 0.316. The monoisotopic (exact) mass is 281 g/mol. The van der Waals surface area contributed by atoms with Crippen LogP contribution in [0.3, 0.4) is 0 Å². The van der Waals surface area contributed by atoms with Gasteiger partial charge in [0.25, 0.3) is 0 Å². The maximum Gasteiger partial charge on any atom is 0.139 e. The van der Waals surface area contributed by atoms with Crippen LogP contribution in [0.5, 0.6) is 0 Å². The highest BCUT2D eigenvalue weighted by atomic mass is 16.1. The number of carbonyl (C=O) groups is 1. The Bertz CT molecular complexity index is 572. The number of Topliss-reactive ketones (excluding diaryl/α,β-unsaturated/α-hetero) is 1. The van der Waals surface area contributed by atoms with Gasteiger partial charge in [0.2, 0.25) is 0 Å². The summed E-state index contributed by atoms with van der Waals surface area (Å²) in [7, 11) is 0. The number of rotatable bonds is 6. The first-order valence-electron chi connectivity index (χ1n) is 7.47. The topological polar surface area (TPSA) is 43.1 Å². The lowest BCUT2D eigenvalue weighted by molar-refractivity contribution is -0.118. The van der Waals surface area contributed by atoms with Gasteiger partial charge in [0.05, 0.1) is 0 Å². The molecule has 2 heteroatoms. The minimum absolute atomic E-state index is 0.184. The molecule has 0 aliphatic heterocycles. The lowest BCUT2D eigenvalue weighted by Gasteiger charge is -2.11. The van der Waals surface area contributed by atoms with E-state index in [1.807, 2.05) is 42.5 Å². The minimum Gasteiger partial charge on any atom is -0.324 e. The van der Waals surface area contributed by atoms with Crippen LogP contribution >= 0.6 is 0 Å². The average Bonchev–Trinajstić information content (AvgIpc) is 2.48. The second kappa shape index (κ2) is 7.19. The van der Waals surface area contributed by atoms with Gasteiger partial charge in [-0.2, -0.15) is 0 Å². The molecule has 0 bridgehead atoms. The molecular weight excluding hydrogens is 258 g/mol. The summed E-state index contributed by atoms with van der Waals surface area (Å²) in [6.45, 7) is 4.33. The first-order chi connectivity index (χ1) is 10.1. The van der Waals surface area contributed by atoms with Crippen molar-refractivity contribution in [2.45, 2.75) is 38.6 Å². The molecule has 0 spiro atoms. The van der Waals surface area contributed by atoms with Crippen LogP contribution in [0.1, 0.15) is 48.9 Å². The molecule has 0 saturated heterocycles. The van der Waals surface area contributed by atoms with Crippen molar-refractivity contribution in [1.82, 2.24) is 0 Å². The largest absolute Gasteiger partial charge is 0.324 e. The first kappa shape index (κ1) is 15.5. The summed E-state index contributed by atoms with van der Waals surface area (Å²) >= 11 is 0. The molecule has 2 rings (SSSR count). The number of hydrogen-bond acceptors (Lipinski definition) is 2. The van der Waals surface area contributed by atoms with E-state index < -0.39 is 0 Å². The third-order valence-corrected chi connectivity index (χ3v) is 3.72.